The first kappa shape index (κ1) is 11.0. The maximum absolute atomic E-state index is 13.3. The molecule has 0 saturated carbocycles. The van der Waals surface area contributed by atoms with Gasteiger partial charge in [0.2, 0.25) is 5.82 Å². The van der Waals surface area contributed by atoms with Gasteiger partial charge in [-0.05, 0) is 12.1 Å². The largest absolute Gasteiger partial charge is 0.315 e. The van der Waals surface area contributed by atoms with Crippen LogP contribution in [0.15, 0.2) is 36.7 Å². The molecule has 1 heterocycles. The van der Waals surface area contributed by atoms with Crippen molar-refractivity contribution in [3.63, 3.8) is 0 Å². The fourth-order valence-electron chi connectivity index (χ4n) is 1.48. The summed E-state index contributed by atoms with van der Waals surface area (Å²) in [5, 5.41) is 8.73. The van der Waals surface area contributed by atoms with Gasteiger partial charge in [0.25, 0.3) is 0 Å². The molecule has 0 spiro atoms. The molecule has 0 unspecified atom stereocenters. The molecule has 0 atom stereocenters. The Balaban J connectivity index is 2.24. The summed E-state index contributed by atoms with van der Waals surface area (Å²) < 4.78 is 14.7. The Morgan fingerprint density at radius 1 is 1.47 bits per heavy atom. The highest BCUT2D eigenvalue weighted by molar-refractivity contribution is 5.96. The SMILES string of the molecule is N#Cc1nccn1CC(=O)c1ccccc1F. The fraction of sp³-hybridized carbons (Fsp3) is 0.0833. The summed E-state index contributed by atoms with van der Waals surface area (Å²) in [5.41, 5.74) is 0.0186. The van der Waals surface area contributed by atoms with Gasteiger partial charge in [-0.3, -0.25) is 4.79 Å². The number of halogens is 1. The van der Waals surface area contributed by atoms with Gasteiger partial charge in [0.05, 0.1) is 12.1 Å². The lowest BCUT2D eigenvalue weighted by Crippen LogP contribution is -2.12. The van der Waals surface area contributed by atoms with Crippen molar-refractivity contribution in [2.45, 2.75) is 6.54 Å². The van der Waals surface area contributed by atoms with E-state index in [2.05, 4.69) is 4.98 Å². The van der Waals surface area contributed by atoms with Crippen LogP contribution in [-0.2, 0) is 6.54 Å². The average molecular weight is 229 g/mol. The van der Waals surface area contributed by atoms with Crippen molar-refractivity contribution in [1.82, 2.24) is 9.55 Å². The molecule has 5 heteroatoms. The Hall–Kier alpha value is -2.48. The lowest BCUT2D eigenvalue weighted by molar-refractivity contribution is 0.0968. The van der Waals surface area contributed by atoms with Gasteiger partial charge >= 0.3 is 0 Å². The minimum atomic E-state index is -0.559. The second-order valence-electron chi connectivity index (χ2n) is 3.39. The Morgan fingerprint density at radius 2 is 2.24 bits per heavy atom. The smallest absolute Gasteiger partial charge is 0.213 e. The number of nitrogens with zero attached hydrogens (tertiary/aromatic N) is 3. The van der Waals surface area contributed by atoms with Crippen molar-refractivity contribution in [3.8, 4) is 6.07 Å². The number of imidazole rings is 1. The third-order valence-electron chi connectivity index (χ3n) is 2.30. The molecule has 84 valence electrons. The van der Waals surface area contributed by atoms with E-state index in [0.717, 1.165) is 0 Å². The Labute approximate surface area is 96.9 Å². The summed E-state index contributed by atoms with van der Waals surface area (Å²) in [4.78, 5) is 15.6. The van der Waals surface area contributed by atoms with Gasteiger partial charge in [0.1, 0.15) is 11.9 Å². The van der Waals surface area contributed by atoms with E-state index in [4.69, 9.17) is 5.26 Å². The molecule has 0 fully saturated rings. The lowest BCUT2D eigenvalue weighted by Gasteiger charge is -2.03. The van der Waals surface area contributed by atoms with Gasteiger partial charge in [-0.2, -0.15) is 5.26 Å². The van der Waals surface area contributed by atoms with Crippen LogP contribution in [0.4, 0.5) is 4.39 Å². The molecule has 0 aliphatic carbocycles. The second-order valence-corrected chi connectivity index (χ2v) is 3.39. The molecule has 0 N–H and O–H groups in total. The van der Waals surface area contributed by atoms with Crippen LogP contribution in [0.25, 0.3) is 0 Å². The Kier molecular flexibility index (Phi) is 2.97. The summed E-state index contributed by atoms with van der Waals surface area (Å²) in [5.74, 6) is -0.816. The molecular formula is C12H8FN3O. The van der Waals surface area contributed by atoms with Crippen molar-refractivity contribution < 1.29 is 9.18 Å². The first-order chi connectivity index (χ1) is 8.22. The van der Waals surface area contributed by atoms with Crippen LogP contribution in [-0.4, -0.2) is 15.3 Å². The Morgan fingerprint density at radius 3 is 2.94 bits per heavy atom. The molecule has 1 aromatic heterocycles. The predicted molar refractivity (Wildman–Crippen MR) is 57.7 cm³/mol. The quantitative estimate of drug-likeness (QED) is 0.754. The number of hydrogen-bond donors (Lipinski definition) is 0. The van der Waals surface area contributed by atoms with Gasteiger partial charge < -0.3 is 4.57 Å². The molecular weight excluding hydrogens is 221 g/mol. The summed E-state index contributed by atoms with van der Waals surface area (Å²) in [6.45, 7) is -0.0934. The number of carbonyl (C=O) groups excluding carboxylic acids is 1. The van der Waals surface area contributed by atoms with Crippen LogP contribution < -0.4 is 0 Å². The minimum Gasteiger partial charge on any atom is -0.315 e. The third-order valence-corrected chi connectivity index (χ3v) is 2.30. The van der Waals surface area contributed by atoms with Gasteiger partial charge in [0, 0.05) is 12.4 Å². The number of aromatic nitrogens is 2. The second kappa shape index (κ2) is 4.58. The van der Waals surface area contributed by atoms with E-state index in [1.807, 2.05) is 6.07 Å². The maximum Gasteiger partial charge on any atom is 0.213 e. The van der Waals surface area contributed by atoms with Crippen LogP contribution in [0.1, 0.15) is 16.2 Å². The summed E-state index contributed by atoms with van der Waals surface area (Å²) >= 11 is 0. The molecule has 0 bridgehead atoms. The van der Waals surface area contributed by atoms with E-state index in [0.29, 0.717) is 0 Å². The number of nitriles is 1. The van der Waals surface area contributed by atoms with E-state index in [9.17, 15) is 9.18 Å². The van der Waals surface area contributed by atoms with Crippen molar-refractivity contribution >= 4 is 5.78 Å². The van der Waals surface area contributed by atoms with Crippen LogP contribution in [0, 0.1) is 17.1 Å². The molecule has 2 aromatic rings. The predicted octanol–water partition coefficient (Wildman–Crippen LogP) is 1.78. The number of rotatable bonds is 3. The van der Waals surface area contributed by atoms with Gasteiger partial charge in [-0.15, -0.1) is 0 Å². The lowest BCUT2D eigenvalue weighted by atomic mass is 10.1. The van der Waals surface area contributed by atoms with E-state index in [1.54, 1.807) is 6.07 Å². The maximum atomic E-state index is 13.3. The van der Waals surface area contributed by atoms with Crippen molar-refractivity contribution in [2.75, 3.05) is 0 Å². The molecule has 0 aliphatic heterocycles. The number of carbonyl (C=O) groups is 1. The number of hydrogen-bond acceptors (Lipinski definition) is 3. The van der Waals surface area contributed by atoms with Gasteiger partial charge in [-0.1, -0.05) is 12.1 Å². The number of benzene rings is 1. The first-order valence-electron chi connectivity index (χ1n) is 4.91. The molecule has 2 rings (SSSR count). The molecule has 0 radical (unpaired) electrons. The van der Waals surface area contributed by atoms with Crippen LogP contribution in [0.5, 0.6) is 0 Å². The highest BCUT2D eigenvalue weighted by Gasteiger charge is 2.13. The van der Waals surface area contributed by atoms with Crippen LogP contribution in [0.3, 0.4) is 0 Å². The zero-order valence-electron chi connectivity index (χ0n) is 8.80. The van der Waals surface area contributed by atoms with Crippen molar-refractivity contribution in [2.24, 2.45) is 0 Å². The minimum absolute atomic E-state index is 0.0186. The standard InChI is InChI=1S/C12H8FN3O/c13-10-4-2-1-3-9(10)11(17)8-16-6-5-15-12(16)7-14/h1-6H,8H2. The molecule has 17 heavy (non-hydrogen) atoms. The van der Waals surface area contributed by atoms with Crippen molar-refractivity contribution in [1.29, 1.82) is 5.26 Å². The fourth-order valence-corrected chi connectivity index (χ4v) is 1.48. The zero-order valence-corrected chi connectivity index (χ0v) is 8.80. The highest BCUT2D eigenvalue weighted by atomic mass is 19.1. The topological polar surface area (TPSA) is 58.7 Å². The monoisotopic (exact) mass is 229 g/mol. The molecule has 0 amide bonds. The highest BCUT2D eigenvalue weighted by Crippen LogP contribution is 2.09. The zero-order chi connectivity index (χ0) is 12.3. The van der Waals surface area contributed by atoms with Crippen LogP contribution in [0.2, 0.25) is 0 Å². The van der Waals surface area contributed by atoms with E-state index < -0.39 is 11.6 Å². The Bertz CT molecular complexity index is 598. The van der Waals surface area contributed by atoms with Gasteiger partial charge in [-0.25, -0.2) is 9.37 Å². The third kappa shape index (κ3) is 2.21. The number of ketones is 1. The van der Waals surface area contributed by atoms with E-state index >= 15 is 0 Å². The van der Waals surface area contributed by atoms with E-state index in [-0.39, 0.29) is 17.9 Å². The summed E-state index contributed by atoms with van der Waals surface area (Å²) in [6, 6.07) is 7.61. The summed E-state index contributed by atoms with van der Waals surface area (Å²) in [7, 11) is 0. The number of Topliss-reactive ketones (excluding diaryl/α,β-unsaturated/α-hetero) is 1. The van der Waals surface area contributed by atoms with Crippen molar-refractivity contribution in [3.05, 3.63) is 53.9 Å². The molecule has 0 aliphatic rings. The summed E-state index contributed by atoms with van der Waals surface area (Å²) in [6.07, 6.45) is 2.94. The van der Waals surface area contributed by atoms with Gasteiger partial charge in [0.15, 0.2) is 5.78 Å². The van der Waals surface area contributed by atoms with Crippen LogP contribution >= 0.6 is 0 Å². The first-order valence-corrected chi connectivity index (χ1v) is 4.91. The molecule has 0 saturated heterocycles. The van der Waals surface area contributed by atoms with E-state index in [1.165, 1.54) is 35.2 Å². The normalized spacial score (nSPS) is 9.88. The molecule has 1 aromatic carbocycles. The molecule has 4 nitrogen and oxygen atoms in total. The average Bonchev–Trinajstić information content (AvgIpc) is 2.76.